The number of anilines is 1. The van der Waals surface area contributed by atoms with Gasteiger partial charge in [-0.2, -0.15) is 5.10 Å². The van der Waals surface area contributed by atoms with Crippen LogP contribution in [0.3, 0.4) is 0 Å². The molecule has 0 saturated carbocycles. The number of carboxylic acids is 1. The fourth-order valence-electron chi connectivity index (χ4n) is 3.74. The van der Waals surface area contributed by atoms with Crippen LogP contribution in [0.15, 0.2) is 36.5 Å². The number of nitrogens with zero attached hydrogens (tertiary/aromatic N) is 5. The summed E-state index contributed by atoms with van der Waals surface area (Å²) in [6.45, 7) is 9.98. The zero-order valence-electron chi connectivity index (χ0n) is 18.7. The van der Waals surface area contributed by atoms with Crippen molar-refractivity contribution in [1.29, 1.82) is 0 Å². The molecule has 9 heteroatoms. The second-order valence-corrected chi connectivity index (χ2v) is 8.90. The van der Waals surface area contributed by atoms with Crippen molar-refractivity contribution in [2.45, 2.75) is 33.3 Å². The quantitative estimate of drug-likeness (QED) is 0.670. The summed E-state index contributed by atoms with van der Waals surface area (Å²) < 4.78 is 6.94. The fraction of sp³-hybridized carbons (Fsp3) is 0.391. The highest BCUT2D eigenvalue weighted by molar-refractivity contribution is 5.94. The largest absolute Gasteiger partial charge is 0.476 e. The van der Waals surface area contributed by atoms with Gasteiger partial charge >= 0.3 is 12.1 Å². The molecule has 1 aliphatic rings. The van der Waals surface area contributed by atoms with E-state index < -0.39 is 11.6 Å². The zero-order chi connectivity index (χ0) is 23.0. The van der Waals surface area contributed by atoms with Crippen LogP contribution in [0.1, 0.15) is 37.0 Å². The number of rotatable bonds is 3. The van der Waals surface area contributed by atoms with Gasteiger partial charge in [-0.15, -0.1) is 0 Å². The Labute approximate surface area is 186 Å². The van der Waals surface area contributed by atoms with Crippen LogP contribution < -0.4 is 4.90 Å². The number of aromatic nitrogens is 3. The maximum absolute atomic E-state index is 12.3. The van der Waals surface area contributed by atoms with E-state index in [-0.39, 0.29) is 11.8 Å². The molecule has 0 atom stereocenters. The Morgan fingerprint density at radius 3 is 2.31 bits per heavy atom. The Hall–Kier alpha value is -3.62. The van der Waals surface area contributed by atoms with Gasteiger partial charge in [0, 0.05) is 37.4 Å². The molecule has 168 valence electrons. The van der Waals surface area contributed by atoms with Crippen LogP contribution in [0.4, 0.5) is 10.5 Å². The molecule has 1 amide bonds. The summed E-state index contributed by atoms with van der Waals surface area (Å²) in [4.78, 5) is 32.4. The molecular formula is C23H27N5O4. The van der Waals surface area contributed by atoms with Crippen molar-refractivity contribution < 1.29 is 19.4 Å². The monoisotopic (exact) mass is 437 g/mol. The van der Waals surface area contributed by atoms with Gasteiger partial charge in [0.05, 0.1) is 11.9 Å². The Balaban J connectivity index is 1.50. The molecule has 1 N–H and O–H groups in total. The summed E-state index contributed by atoms with van der Waals surface area (Å²) in [6, 6.07) is 9.46. The third kappa shape index (κ3) is 4.51. The van der Waals surface area contributed by atoms with Gasteiger partial charge in [0.25, 0.3) is 0 Å². The average molecular weight is 438 g/mol. The number of imidazole rings is 1. The second kappa shape index (κ2) is 8.14. The lowest BCUT2D eigenvalue weighted by atomic mass is 10.0. The van der Waals surface area contributed by atoms with Gasteiger partial charge in [-0.25, -0.2) is 19.1 Å². The van der Waals surface area contributed by atoms with Gasteiger partial charge in [-0.3, -0.25) is 0 Å². The molecule has 2 aromatic heterocycles. The molecule has 4 rings (SSSR count). The van der Waals surface area contributed by atoms with E-state index in [1.54, 1.807) is 17.2 Å². The molecule has 0 radical (unpaired) electrons. The first kappa shape index (κ1) is 21.6. The van der Waals surface area contributed by atoms with E-state index in [1.807, 2.05) is 52.0 Å². The molecule has 0 aliphatic carbocycles. The SMILES string of the molecule is Cc1cn2nc(C(=O)O)c(-c3ccc(N4CCN(C(=O)OC(C)(C)C)CC4)cc3)cc2n1. The van der Waals surface area contributed by atoms with Crippen LogP contribution >= 0.6 is 0 Å². The average Bonchev–Trinajstić information content (AvgIpc) is 3.11. The maximum atomic E-state index is 12.3. The molecule has 0 unspecified atom stereocenters. The second-order valence-electron chi connectivity index (χ2n) is 8.90. The first-order chi connectivity index (χ1) is 15.1. The van der Waals surface area contributed by atoms with E-state index in [0.29, 0.717) is 37.4 Å². The van der Waals surface area contributed by atoms with Gasteiger partial charge in [0.2, 0.25) is 0 Å². The van der Waals surface area contributed by atoms with Crippen molar-refractivity contribution in [3.8, 4) is 11.1 Å². The Morgan fingerprint density at radius 1 is 1.06 bits per heavy atom. The van der Waals surface area contributed by atoms with E-state index in [9.17, 15) is 14.7 Å². The zero-order valence-corrected chi connectivity index (χ0v) is 18.7. The number of carbonyl (C=O) groups excluding carboxylic acids is 1. The van der Waals surface area contributed by atoms with Crippen LogP contribution in [-0.4, -0.2) is 68.4 Å². The van der Waals surface area contributed by atoms with Crippen LogP contribution in [0, 0.1) is 6.92 Å². The highest BCUT2D eigenvalue weighted by Gasteiger charge is 2.26. The number of piperazine rings is 1. The summed E-state index contributed by atoms with van der Waals surface area (Å²) in [5.41, 5.74) is 3.14. The number of aryl methyl sites for hydroxylation is 1. The summed E-state index contributed by atoms with van der Waals surface area (Å²) in [5, 5.41) is 13.9. The van der Waals surface area contributed by atoms with Crippen LogP contribution in [0.5, 0.6) is 0 Å². The van der Waals surface area contributed by atoms with E-state index in [1.165, 1.54) is 4.52 Å². The molecular weight excluding hydrogens is 410 g/mol. The smallest absolute Gasteiger partial charge is 0.410 e. The molecule has 1 saturated heterocycles. The predicted molar refractivity (Wildman–Crippen MR) is 120 cm³/mol. The number of carboxylic acid groups (broad SMARTS) is 1. The summed E-state index contributed by atoms with van der Waals surface area (Å²) >= 11 is 0. The number of benzene rings is 1. The highest BCUT2D eigenvalue weighted by atomic mass is 16.6. The number of ether oxygens (including phenoxy) is 1. The van der Waals surface area contributed by atoms with Crippen molar-refractivity contribution in [2.75, 3.05) is 31.1 Å². The number of fused-ring (bicyclic) bond motifs is 1. The van der Waals surface area contributed by atoms with Crippen molar-refractivity contribution in [2.24, 2.45) is 0 Å². The Morgan fingerprint density at radius 2 is 1.72 bits per heavy atom. The standard InChI is InChI=1S/C23H27N5O4/c1-15-14-28-19(24-15)13-18(20(25-28)21(29)30)16-5-7-17(8-6-16)26-9-11-27(12-10-26)22(31)32-23(2,3)4/h5-8,13-14H,9-12H2,1-4H3,(H,29,30). The van der Waals surface area contributed by atoms with E-state index >= 15 is 0 Å². The maximum Gasteiger partial charge on any atom is 0.410 e. The van der Waals surface area contributed by atoms with Gasteiger partial charge < -0.3 is 19.6 Å². The van der Waals surface area contributed by atoms with Crippen molar-refractivity contribution in [3.63, 3.8) is 0 Å². The molecule has 9 nitrogen and oxygen atoms in total. The third-order valence-corrected chi connectivity index (χ3v) is 5.25. The lowest BCUT2D eigenvalue weighted by molar-refractivity contribution is 0.0240. The van der Waals surface area contributed by atoms with E-state index in [4.69, 9.17) is 4.74 Å². The third-order valence-electron chi connectivity index (χ3n) is 5.25. The van der Waals surface area contributed by atoms with Crippen molar-refractivity contribution >= 4 is 23.4 Å². The number of hydrogen-bond donors (Lipinski definition) is 1. The molecule has 32 heavy (non-hydrogen) atoms. The van der Waals surface area contributed by atoms with Gasteiger partial charge in [-0.1, -0.05) is 12.1 Å². The highest BCUT2D eigenvalue weighted by Crippen LogP contribution is 2.27. The van der Waals surface area contributed by atoms with Gasteiger partial charge in [-0.05, 0) is 51.5 Å². The minimum absolute atomic E-state index is 0.0198. The predicted octanol–water partition coefficient (Wildman–Crippen LogP) is 3.46. The van der Waals surface area contributed by atoms with Crippen molar-refractivity contribution in [1.82, 2.24) is 19.5 Å². The lowest BCUT2D eigenvalue weighted by Gasteiger charge is -2.36. The molecule has 1 fully saturated rings. The summed E-state index contributed by atoms with van der Waals surface area (Å²) in [5.74, 6) is -1.09. The van der Waals surface area contributed by atoms with E-state index in [0.717, 1.165) is 16.9 Å². The van der Waals surface area contributed by atoms with Crippen molar-refractivity contribution in [3.05, 3.63) is 47.9 Å². The number of carbonyl (C=O) groups is 2. The first-order valence-electron chi connectivity index (χ1n) is 10.5. The topological polar surface area (TPSA) is 100 Å². The normalized spacial score (nSPS) is 14.6. The molecule has 0 bridgehead atoms. The Bertz CT molecular complexity index is 1160. The number of aromatic carboxylic acids is 1. The molecule has 1 aromatic carbocycles. The summed E-state index contributed by atoms with van der Waals surface area (Å²) in [6.07, 6.45) is 1.41. The number of amides is 1. The number of hydrogen-bond acceptors (Lipinski definition) is 6. The first-order valence-corrected chi connectivity index (χ1v) is 10.5. The fourth-order valence-corrected chi connectivity index (χ4v) is 3.74. The summed E-state index contributed by atoms with van der Waals surface area (Å²) in [7, 11) is 0. The molecule has 3 heterocycles. The van der Waals surface area contributed by atoms with Crippen LogP contribution in [0.25, 0.3) is 16.8 Å². The van der Waals surface area contributed by atoms with Crippen LogP contribution in [-0.2, 0) is 4.74 Å². The Kier molecular flexibility index (Phi) is 5.50. The van der Waals surface area contributed by atoms with E-state index in [2.05, 4.69) is 15.0 Å². The van der Waals surface area contributed by atoms with Crippen LogP contribution in [0.2, 0.25) is 0 Å². The minimum Gasteiger partial charge on any atom is -0.476 e. The molecule has 0 spiro atoms. The molecule has 1 aliphatic heterocycles. The van der Waals surface area contributed by atoms with Gasteiger partial charge in [0.15, 0.2) is 11.3 Å². The minimum atomic E-state index is -1.09. The molecule has 3 aromatic rings. The lowest BCUT2D eigenvalue weighted by Crippen LogP contribution is -2.50. The van der Waals surface area contributed by atoms with Gasteiger partial charge in [0.1, 0.15) is 5.60 Å².